The highest BCUT2D eigenvalue weighted by Gasteiger charge is 2.60. The Labute approximate surface area is 167 Å². The van der Waals surface area contributed by atoms with Crippen LogP contribution in [0.3, 0.4) is 0 Å². The molecule has 0 aliphatic heterocycles. The van der Waals surface area contributed by atoms with Gasteiger partial charge < -0.3 is 9.53 Å². The summed E-state index contributed by atoms with van der Waals surface area (Å²) in [6.07, 6.45) is 3.81. The van der Waals surface area contributed by atoms with Crippen molar-refractivity contribution in [3.63, 3.8) is 0 Å². The zero-order valence-corrected chi connectivity index (χ0v) is 20.4. The monoisotopic (exact) mass is 420 g/mol. The lowest BCUT2D eigenvalue weighted by Gasteiger charge is -2.61. The second-order valence-corrected chi connectivity index (χ2v) is 17.3. The molecule has 5 nitrogen and oxygen atoms in total. The highest BCUT2D eigenvalue weighted by Crippen LogP contribution is 2.58. The number of fused-ring (bicyclic) bond motifs is 1. The molecule has 2 fully saturated rings. The van der Waals surface area contributed by atoms with Crippen LogP contribution in [0.15, 0.2) is 0 Å². The normalized spacial score (nSPS) is 41.3. The smallest absolute Gasteiger partial charge is 0.264 e. The zero-order chi connectivity index (χ0) is 21.1. The van der Waals surface area contributed by atoms with E-state index in [4.69, 9.17) is 8.61 Å². The van der Waals surface area contributed by atoms with Crippen LogP contribution in [0.5, 0.6) is 0 Å². The lowest BCUT2D eigenvalue weighted by Crippen LogP contribution is -2.63. The number of rotatable bonds is 4. The maximum absolute atomic E-state index is 11.7. The third kappa shape index (κ3) is 4.63. The lowest BCUT2D eigenvalue weighted by molar-refractivity contribution is -0.196. The van der Waals surface area contributed by atoms with E-state index in [0.717, 1.165) is 19.1 Å². The predicted molar refractivity (Wildman–Crippen MR) is 112 cm³/mol. The van der Waals surface area contributed by atoms with Crippen molar-refractivity contribution in [2.24, 2.45) is 17.3 Å². The molecule has 0 spiro atoms. The van der Waals surface area contributed by atoms with Crippen LogP contribution in [0.2, 0.25) is 18.1 Å². The third-order valence-corrected chi connectivity index (χ3v) is 12.7. The van der Waals surface area contributed by atoms with Crippen LogP contribution < -0.4 is 0 Å². The summed E-state index contributed by atoms with van der Waals surface area (Å²) in [5.41, 5.74) is -1.03. The minimum Gasteiger partial charge on any atom is -0.413 e. The van der Waals surface area contributed by atoms with E-state index in [1.54, 1.807) is 0 Å². The molecule has 0 bridgehead atoms. The van der Waals surface area contributed by atoms with Gasteiger partial charge in [0, 0.05) is 5.92 Å². The average Bonchev–Trinajstić information content (AvgIpc) is 2.43. The summed E-state index contributed by atoms with van der Waals surface area (Å²) in [4.78, 5) is 0. The first-order valence-corrected chi connectivity index (χ1v) is 14.9. The van der Waals surface area contributed by atoms with E-state index in [1.165, 1.54) is 0 Å². The summed E-state index contributed by atoms with van der Waals surface area (Å²) >= 11 is 0. The number of aliphatic hydroxyl groups is 1. The topological polar surface area (TPSA) is 72.8 Å². The van der Waals surface area contributed by atoms with E-state index in [0.29, 0.717) is 12.8 Å². The van der Waals surface area contributed by atoms with Crippen LogP contribution >= 0.6 is 0 Å². The lowest BCUT2D eigenvalue weighted by atomic mass is 9.50. The highest BCUT2D eigenvalue weighted by atomic mass is 32.2. The third-order valence-electron chi connectivity index (χ3n) is 7.65. The van der Waals surface area contributed by atoms with Crippen molar-refractivity contribution in [1.29, 1.82) is 0 Å². The molecule has 2 saturated carbocycles. The van der Waals surface area contributed by atoms with Gasteiger partial charge in [0.2, 0.25) is 0 Å². The van der Waals surface area contributed by atoms with Gasteiger partial charge in [0.1, 0.15) is 0 Å². The maximum atomic E-state index is 11.7. The molecule has 0 radical (unpaired) electrons. The Morgan fingerprint density at radius 3 is 2.15 bits per heavy atom. The van der Waals surface area contributed by atoms with Crippen LogP contribution in [0.4, 0.5) is 0 Å². The fraction of sp³-hybridized carbons (Fsp3) is 1.00. The second kappa shape index (κ2) is 7.08. The molecule has 2 rings (SSSR count). The summed E-state index contributed by atoms with van der Waals surface area (Å²) in [7, 11) is -5.47. The standard InChI is InChI=1S/C20H40O5SSi/c1-14-15(24-26(7,22)23)10-12-19(5)16(11-13-20(6,21)17(14)19)25-27(8,9)18(2,3)4/h14-17,21H,10-13H2,1-9H3/t14?,15-,16-,17?,19+,20+/m0/s1. The van der Waals surface area contributed by atoms with Gasteiger partial charge in [-0.25, -0.2) is 0 Å². The molecule has 0 heterocycles. The Balaban J connectivity index is 2.35. The van der Waals surface area contributed by atoms with E-state index in [9.17, 15) is 13.5 Å². The molecule has 0 saturated heterocycles. The quantitative estimate of drug-likeness (QED) is 0.542. The van der Waals surface area contributed by atoms with Gasteiger partial charge in [-0.2, -0.15) is 8.42 Å². The Morgan fingerprint density at radius 1 is 1.11 bits per heavy atom. The van der Waals surface area contributed by atoms with Crippen LogP contribution in [-0.2, 0) is 18.7 Å². The van der Waals surface area contributed by atoms with E-state index in [-0.39, 0.29) is 34.5 Å². The van der Waals surface area contributed by atoms with E-state index in [2.05, 4.69) is 40.8 Å². The molecule has 2 unspecified atom stereocenters. The maximum Gasteiger partial charge on any atom is 0.264 e. The van der Waals surface area contributed by atoms with Crippen molar-refractivity contribution >= 4 is 18.4 Å². The molecule has 2 aliphatic carbocycles. The summed E-state index contributed by atoms with van der Waals surface area (Å²) in [5.74, 6) is -0.117. The predicted octanol–water partition coefficient (Wildman–Crippen LogP) is 4.32. The van der Waals surface area contributed by atoms with Gasteiger partial charge >= 0.3 is 0 Å². The van der Waals surface area contributed by atoms with E-state index in [1.807, 2.05) is 13.8 Å². The molecular formula is C20H40O5SSi. The minimum atomic E-state index is -3.52. The molecule has 27 heavy (non-hydrogen) atoms. The van der Waals surface area contributed by atoms with Gasteiger partial charge in [-0.3, -0.25) is 4.18 Å². The average molecular weight is 421 g/mol. The van der Waals surface area contributed by atoms with Gasteiger partial charge in [-0.15, -0.1) is 0 Å². The second-order valence-electron chi connectivity index (χ2n) is 11.0. The summed E-state index contributed by atoms with van der Waals surface area (Å²) in [6.45, 7) is 17.5. The molecule has 0 aromatic carbocycles. The molecule has 7 heteroatoms. The van der Waals surface area contributed by atoms with E-state index >= 15 is 0 Å². The highest BCUT2D eigenvalue weighted by molar-refractivity contribution is 7.86. The van der Waals surface area contributed by atoms with Gasteiger partial charge in [0.15, 0.2) is 8.32 Å². The molecule has 0 aromatic rings. The summed E-state index contributed by atoms with van der Waals surface area (Å²) in [6, 6.07) is 0. The first kappa shape index (κ1) is 23.3. The molecule has 160 valence electrons. The number of hydrogen-bond donors (Lipinski definition) is 1. The number of hydrogen-bond acceptors (Lipinski definition) is 5. The van der Waals surface area contributed by atoms with Crippen LogP contribution in [0.25, 0.3) is 0 Å². The van der Waals surface area contributed by atoms with Crippen molar-refractivity contribution in [2.75, 3.05) is 6.26 Å². The van der Waals surface area contributed by atoms with Gasteiger partial charge in [-0.05, 0) is 62.1 Å². The van der Waals surface area contributed by atoms with Crippen molar-refractivity contribution in [3.05, 3.63) is 0 Å². The fourth-order valence-electron chi connectivity index (χ4n) is 5.32. The largest absolute Gasteiger partial charge is 0.413 e. The zero-order valence-electron chi connectivity index (χ0n) is 18.6. The Hall–Kier alpha value is 0.0469. The van der Waals surface area contributed by atoms with Crippen LogP contribution in [0, 0.1) is 17.3 Å². The first-order chi connectivity index (χ1) is 11.9. The van der Waals surface area contributed by atoms with Crippen molar-refractivity contribution in [2.45, 2.75) is 103 Å². The molecule has 0 aromatic heterocycles. The Kier molecular flexibility index (Phi) is 6.12. The van der Waals surface area contributed by atoms with Crippen LogP contribution in [0.1, 0.15) is 67.2 Å². The molecule has 2 aliphatic rings. The SMILES string of the molecule is CC1C2[C@](C)(CC[C@@H]1OS(C)(=O)=O)[C@@H](O[Si](C)(C)C(C)(C)C)CC[C@@]2(C)O. The fourth-order valence-corrected chi connectivity index (χ4v) is 7.49. The molecular weight excluding hydrogens is 380 g/mol. The Bertz CT molecular complexity index is 652. The van der Waals surface area contributed by atoms with E-state index < -0.39 is 24.0 Å². The van der Waals surface area contributed by atoms with Crippen molar-refractivity contribution < 1.29 is 22.1 Å². The van der Waals surface area contributed by atoms with Crippen molar-refractivity contribution in [1.82, 2.24) is 0 Å². The first-order valence-electron chi connectivity index (χ1n) is 10.2. The van der Waals surface area contributed by atoms with Crippen molar-refractivity contribution in [3.8, 4) is 0 Å². The molecule has 1 N–H and O–H groups in total. The Morgan fingerprint density at radius 2 is 1.67 bits per heavy atom. The molecule has 6 atom stereocenters. The van der Waals surface area contributed by atoms with Gasteiger partial charge in [0.05, 0.1) is 24.1 Å². The summed E-state index contributed by atoms with van der Waals surface area (Å²) < 4.78 is 35.7. The van der Waals surface area contributed by atoms with Gasteiger partial charge in [-0.1, -0.05) is 34.6 Å². The van der Waals surface area contributed by atoms with Crippen LogP contribution in [-0.4, -0.2) is 45.9 Å². The minimum absolute atomic E-state index is 0.0562. The van der Waals surface area contributed by atoms with Gasteiger partial charge in [0.25, 0.3) is 10.1 Å². The summed E-state index contributed by atoms with van der Waals surface area (Å²) in [5, 5.41) is 11.4. The molecule has 0 amide bonds.